The van der Waals surface area contributed by atoms with E-state index >= 15 is 0 Å². The summed E-state index contributed by atoms with van der Waals surface area (Å²) < 4.78 is 16.4. The van der Waals surface area contributed by atoms with E-state index in [1.54, 1.807) is 11.9 Å². The maximum absolute atomic E-state index is 12.6. The molecule has 2 aromatic carbocycles. The lowest BCUT2D eigenvalue weighted by atomic mass is 9.96. The Labute approximate surface area is 164 Å². The molecule has 2 aromatic rings. The first-order valence-electron chi connectivity index (χ1n) is 9.44. The van der Waals surface area contributed by atoms with Crippen LogP contribution in [0.3, 0.4) is 0 Å². The Balaban J connectivity index is 1.32. The summed E-state index contributed by atoms with van der Waals surface area (Å²) >= 11 is 0. The molecule has 6 heteroatoms. The molecule has 0 atom stereocenters. The molecule has 1 saturated carbocycles. The molecule has 4 rings (SSSR count). The van der Waals surface area contributed by atoms with Crippen molar-refractivity contribution < 1.29 is 23.8 Å². The van der Waals surface area contributed by atoms with Crippen molar-refractivity contribution in [1.29, 1.82) is 0 Å². The van der Waals surface area contributed by atoms with E-state index in [-0.39, 0.29) is 18.5 Å². The minimum atomic E-state index is -0.573. The summed E-state index contributed by atoms with van der Waals surface area (Å²) in [4.78, 5) is 26.5. The maximum Gasteiger partial charge on any atom is 0.317 e. The van der Waals surface area contributed by atoms with Crippen LogP contribution in [0.15, 0.2) is 48.5 Å². The van der Waals surface area contributed by atoms with Crippen LogP contribution in [0.1, 0.15) is 24.0 Å². The quantitative estimate of drug-likeness (QED) is 0.720. The third-order valence-electron chi connectivity index (χ3n) is 5.25. The van der Waals surface area contributed by atoms with Crippen LogP contribution in [-0.2, 0) is 26.3 Å². The lowest BCUT2D eigenvalue weighted by Crippen LogP contribution is -2.33. The number of benzene rings is 2. The SMILES string of the molecule is CN(Cc1ccc2c(c1)OCCO2)C(=O)COC(=O)C1(c2ccccc2)CC1. The van der Waals surface area contributed by atoms with Crippen molar-refractivity contribution in [2.75, 3.05) is 26.9 Å². The van der Waals surface area contributed by atoms with Crippen molar-refractivity contribution >= 4 is 11.9 Å². The van der Waals surface area contributed by atoms with Gasteiger partial charge in [-0.1, -0.05) is 36.4 Å². The normalized spacial score (nSPS) is 16.2. The third-order valence-corrected chi connectivity index (χ3v) is 5.25. The van der Waals surface area contributed by atoms with Crippen molar-refractivity contribution in [1.82, 2.24) is 4.90 Å². The van der Waals surface area contributed by atoms with E-state index in [2.05, 4.69) is 0 Å². The van der Waals surface area contributed by atoms with E-state index in [1.807, 2.05) is 48.5 Å². The van der Waals surface area contributed by atoms with Crippen LogP contribution in [0.25, 0.3) is 0 Å². The van der Waals surface area contributed by atoms with Crippen LogP contribution in [0, 0.1) is 0 Å². The van der Waals surface area contributed by atoms with Gasteiger partial charge in [-0.25, -0.2) is 0 Å². The van der Waals surface area contributed by atoms with E-state index in [1.165, 1.54) is 0 Å². The molecule has 0 radical (unpaired) electrons. The topological polar surface area (TPSA) is 65.1 Å². The van der Waals surface area contributed by atoms with Crippen LogP contribution in [0.5, 0.6) is 11.5 Å². The number of likely N-dealkylation sites (N-methyl/N-ethyl adjacent to an activating group) is 1. The van der Waals surface area contributed by atoms with Gasteiger partial charge in [-0.2, -0.15) is 0 Å². The lowest BCUT2D eigenvalue weighted by Gasteiger charge is -2.21. The van der Waals surface area contributed by atoms with Crippen molar-refractivity contribution in [2.45, 2.75) is 24.8 Å². The highest BCUT2D eigenvalue weighted by atomic mass is 16.6. The number of hydrogen-bond acceptors (Lipinski definition) is 5. The molecule has 0 bridgehead atoms. The monoisotopic (exact) mass is 381 g/mol. The number of carbonyl (C=O) groups excluding carboxylic acids is 2. The lowest BCUT2D eigenvalue weighted by molar-refractivity contribution is -0.154. The zero-order valence-corrected chi connectivity index (χ0v) is 15.8. The summed E-state index contributed by atoms with van der Waals surface area (Å²) in [5, 5.41) is 0. The van der Waals surface area contributed by atoms with E-state index in [4.69, 9.17) is 14.2 Å². The predicted octanol–water partition coefficient (Wildman–Crippen LogP) is 2.69. The molecule has 0 unspecified atom stereocenters. The number of carbonyl (C=O) groups is 2. The summed E-state index contributed by atoms with van der Waals surface area (Å²) in [6.45, 7) is 1.20. The van der Waals surface area contributed by atoms with Gasteiger partial charge in [-0.05, 0) is 36.1 Å². The van der Waals surface area contributed by atoms with Crippen molar-refractivity contribution in [2.24, 2.45) is 0 Å². The Bertz CT molecular complexity index is 876. The standard InChI is InChI=1S/C22H23NO5/c1-23(14-16-7-8-18-19(13-16)27-12-11-26-18)20(24)15-28-21(25)22(9-10-22)17-5-3-2-4-6-17/h2-8,13H,9-12,14-15H2,1H3. The molecule has 2 aliphatic rings. The first kappa shape index (κ1) is 18.3. The summed E-state index contributed by atoms with van der Waals surface area (Å²) in [6, 6.07) is 15.2. The molecular weight excluding hydrogens is 358 g/mol. The van der Waals surface area contributed by atoms with Gasteiger partial charge in [0.1, 0.15) is 13.2 Å². The van der Waals surface area contributed by atoms with Crippen molar-refractivity contribution in [3.63, 3.8) is 0 Å². The molecule has 1 aliphatic carbocycles. The smallest absolute Gasteiger partial charge is 0.317 e. The Morgan fingerprint density at radius 1 is 1.04 bits per heavy atom. The number of nitrogens with zero attached hydrogens (tertiary/aromatic N) is 1. The molecule has 0 spiro atoms. The number of hydrogen-bond donors (Lipinski definition) is 0. The minimum Gasteiger partial charge on any atom is -0.486 e. The molecule has 6 nitrogen and oxygen atoms in total. The van der Waals surface area contributed by atoms with Gasteiger partial charge in [-0.15, -0.1) is 0 Å². The second-order valence-corrected chi connectivity index (χ2v) is 7.25. The number of fused-ring (bicyclic) bond motifs is 1. The van der Waals surface area contributed by atoms with Gasteiger partial charge in [0, 0.05) is 13.6 Å². The second kappa shape index (κ2) is 7.54. The minimum absolute atomic E-state index is 0.243. The zero-order chi connectivity index (χ0) is 19.6. The van der Waals surface area contributed by atoms with Gasteiger partial charge in [0.25, 0.3) is 5.91 Å². The molecule has 146 valence electrons. The fourth-order valence-corrected chi connectivity index (χ4v) is 3.42. The van der Waals surface area contributed by atoms with Gasteiger partial charge in [-0.3, -0.25) is 9.59 Å². The number of esters is 1. The zero-order valence-electron chi connectivity index (χ0n) is 15.8. The van der Waals surface area contributed by atoms with Crippen LogP contribution >= 0.6 is 0 Å². The van der Waals surface area contributed by atoms with E-state index in [0.29, 0.717) is 31.3 Å². The van der Waals surface area contributed by atoms with Crippen molar-refractivity contribution in [3.05, 3.63) is 59.7 Å². The van der Waals surface area contributed by atoms with Crippen LogP contribution < -0.4 is 9.47 Å². The fraction of sp³-hybridized carbons (Fsp3) is 0.364. The van der Waals surface area contributed by atoms with Gasteiger partial charge in [0.2, 0.25) is 0 Å². The Morgan fingerprint density at radius 3 is 2.46 bits per heavy atom. The molecule has 0 aromatic heterocycles. The average molecular weight is 381 g/mol. The van der Waals surface area contributed by atoms with Crippen LogP contribution in [0.2, 0.25) is 0 Å². The Kier molecular flexibility index (Phi) is 4.94. The van der Waals surface area contributed by atoms with Gasteiger partial charge in [0.05, 0.1) is 5.41 Å². The van der Waals surface area contributed by atoms with Gasteiger partial charge < -0.3 is 19.1 Å². The second-order valence-electron chi connectivity index (χ2n) is 7.25. The number of amides is 1. The fourth-order valence-electron chi connectivity index (χ4n) is 3.42. The third kappa shape index (κ3) is 3.67. The molecule has 1 aliphatic heterocycles. The summed E-state index contributed by atoms with van der Waals surface area (Å²) in [6.07, 6.45) is 1.52. The Morgan fingerprint density at radius 2 is 1.75 bits per heavy atom. The van der Waals surface area contributed by atoms with E-state index < -0.39 is 5.41 Å². The van der Waals surface area contributed by atoms with Gasteiger partial charge in [0.15, 0.2) is 18.1 Å². The first-order valence-corrected chi connectivity index (χ1v) is 9.44. The van der Waals surface area contributed by atoms with Crippen LogP contribution in [-0.4, -0.2) is 43.6 Å². The molecule has 0 saturated heterocycles. The Hall–Kier alpha value is -3.02. The predicted molar refractivity (Wildman–Crippen MR) is 102 cm³/mol. The highest BCUT2D eigenvalue weighted by Crippen LogP contribution is 2.49. The highest BCUT2D eigenvalue weighted by Gasteiger charge is 2.52. The van der Waals surface area contributed by atoms with E-state index in [9.17, 15) is 9.59 Å². The first-order chi connectivity index (χ1) is 13.6. The molecule has 28 heavy (non-hydrogen) atoms. The largest absolute Gasteiger partial charge is 0.486 e. The van der Waals surface area contributed by atoms with E-state index in [0.717, 1.165) is 24.0 Å². The molecule has 0 N–H and O–H groups in total. The summed E-state index contributed by atoms with van der Waals surface area (Å²) in [7, 11) is 1.69. The summed E-state index contributed by atoms with van der Waals surface area (Å²) in [5.41, 5.74) is 1.31. The number of ether oxygens (including phenoxy) is 3. The molecule has 1 fully saturated rings. The number of rotatable bonds is 6. The van der Waals surface area contributed by atoms with Crippen molar-refractivity contribution in [3.8, 4) is 11.5 Å². The maximum atomic E-state index is 12.6. The summed E-state index contributed by atoms with van der Waals surface area (Å²) in [5.74, 6) is 0.843. The van der Waals surface area contributed by atoms with Gasteiger partial charge >= 0.3 is 5.97 Å². The highest BCUT2D eigenvalue weighted by molar-refractivity contribution is 5.88. The molecular formula is C22H23NO5. The van der Waals surface area contributed by atoms with Crippen LogP contribution in [0.4, 0.5) is 0 Å². The molecule has 1 amide bonds. The molecule has 1 heterocycles. The average Bonchev–Trinajstić information content (AvgIpc) is 3.54.